The molecule has 0 fully saturated rings. The third-order valence-electron chi connectivity index (χ3n) is 2.71. The summed E-state index contributed by atoms with van der Waals surface area (Å²) in [5, 5.41) is 0.198. The molecule has 4 nitrogen and oxygen atoms in total. The molecule has 1 atom stereocenters. The highest BCUT2D eigenvalue weighted by Crippen LogP contribution is 2.35. The number of rotatable bonds is 6. The fourth-order valence-corrected chi connectivity index (χ4v) is 3.54. The van der Waals surface area contributed by atoms with Gasteiger partial charge in [-0.2, -0.15) is 4.37 Å². The molecule has 19 heavy (non-hydrogen) atoms. The van der Waals surface area contributed by atoms with Crippen molar-refractivity contribution < 1.29 is 4.74 Å². The van der Waals surface area contributed by atoms with Gasteiger partial charge in [0, 0.05) is 18.2 Å². The van der Waals surface area contributed by atoms with Crippen LogP contribution in [0, 0.1) is 0 Å². The minimum atomic E-state index is 0.198. The topological polar surface area (TPSA) is 61.0 Å². The number of thioether (sulfide) groups is 1. The summed E-state index contributed by atoms with van der Waals surface area (Å²) in [6.07, 6.45) is 0.868. The summed E-state index contributed by atoms with van der Waals surface area (Å²) in [5.41, 5.74) is 7.05. The second-order valence-corrected chi connectivity index (χ2v) is 6.15. The molecule has 2 N–H and O–H groups in total. The van der Waals surface area contributed by atoms with Crippen molar-refractivity contribution in [3.63, 3.8) is 0 Å². The number of aryl methyl sites for hydroxylation is 1. The van der Waals surface area contributed by atoms with Gasteiger partial charge in [0.25, 0.3) is 0 Å². The average molecular weight is 295 g/mol. The Balaban J connectivity index is 2.10. The summed E-state index contributed by atoms with van der Waals surface area (Å²) in [5.74, 6) is 1.76. The molecule has 0 saturated carbocycles. The standard InChI is InChI=1S/C13H17N3OS2/c1-3-12-15-13(19-16-12)18-11(8-14)9-4-6-10(17-2)7-5-9/h4-7,11H,3,8,14H2,1-2H3. The molecule has 0 aliphatic rings. The van der Waals surface area contributed by atoms with Crippen LogP contribution in [0.4, 0.5) is 0 Å². The van der Waals surface area contributed by atoms with Gasteiger partial charge < -0.3 is 10.5 Å². The monoisotopic (exact) mass is 295 g/mol. The highest BCUT2D eigenvalue weighted by atomic mass is 32.2. The second kappa shape index (κ2) is 6.88. The Hall–Kier alpha value is -1.11. The molecule has 1 heterocycles. The summed E-state index contributed by atoms with van der Waals surface area (Å²) in [7, 11) is 1.66. The highest BCUT2D eigenvalue weighted by molar-refractivity contribution is 8.01. The quantitative estimate of drug-likeness (QED) is 0.830. The highest BCUT2D eigenvalue weighted by Gasteiger charge is 2.14. The van der Waals surface area contributed by atoms with Crippen molar-refractivity contribution in [3.05, 3.63) is 35.7 Å². The zero-order valence-electron chi connectivity index (χ0n) is 11.0. The average Bonchev–Trinajstić information content (AvgIpc) is 2.92. The minimum absolute atomic E-state index is 0.198. The van der Waals surface area contributed by atoms with Crippen LogP contribution >= 0.6 is 23.3 Å². The van der Waals surface area contributed by atoms with Gasteiger partial charge in [0.15, 0.2) is 4.34 Å². The number of benzene rings is 1. The zero-order chi connectivity index (χ0) is 13.7. The maximum absolute atomic E-state index is 5.87. The van der Waals surface area contributed by atoms with Gasteiger partial charge >= 0.3 is 0 Å². The summed E-state index contributed by atoms with van der Waals surface area (Å²) in [6, 6.07) is 8.00. The summed E-state index contributed by atoms with van der Waals surface area (Å²) in [6.45, 7) is 2.62. The second-order valence-electron chi connectivity index (χ2n) is 3.95. The van der Waals surface area contributed by atoms with Gasteiger partial charge in [-0.25, -0.2) is 4.98 Å². The molecule has 0 saturated heterocycles. The van der Waals surface area contributed by atoms with E-state index in [0.717, 1.165) is 22.3 Å². The van der Waals surface area contributed by atoms with Crippen molar-refractivity contribution in [3.8, 4) is 5.75 Å². The number of hydrogen-bond donors (Lipinski definition) is 1. The molecule has 2 rings (SSSR count). The molecule has 0 amide bonds. The van der Waals surface area contributed by atoms with Crippen LogP contribution in [0.3, 0.4) is 0 Å². The third kappa shape index (κ3) is 3.68. The molecule has 1 aromatic carbocycles. The lowest BCUT2D eigenvalue weighted by atomic mass is 10.1. The van der Waals surface area contributed by atoms with Crippen molar-refractivity contribution in [2.45, 2.75) is 22.9 Å². The van der Waals surface area contributed by atoms with E-state index >= 15 is 0 Å². The van der Waals surface area contributed by atoms with Gasteiger partial charge in [-0.05, 0) is 29.2 Å². The molecule has 0 bridgehead atoms. The van der Waals surface area contributed by atoms with Crippen molar-refractivity contribution in [2.75, 3.05) is 13.7 Å². The molecule has 0 aliphatic carbocycles. The van der Waals surface area contributed by atoms with E-state index in [4.69, 9.17) is 10.5 Å². The van der Waals surface area contributed by atoms with E-state index in [0.29, 0.717) is 6.54 Å². The van der Waals surface area contributed by atoms with Crippen LogP contribution in [0.15, 0.2) is 28.6 Å². The molecule has 0 aliphatic heterocycles. The lowest BCUT2D eigenvalue weighted by molar-refractivity contribution is 0.414. The first-order valence-corrected chi connectivity index (χ1v) is 7.75. The van der Waals surface area contributed by atoms with Crippen LogP contribution in [-0.4, -0.2) is 23.0 Å². The maximum atomic E-state index is 5.87. The fraction of sp³-hybridized carbons (Fsp3) is 0.385. The number of nitrogens with zero attached hydrogens (tertiary/aromatic N) is 2. The third-order valence-corrected chi connectivity index (χ3v) is 4.81. The van der Waals surface area contributed by atoms with E-state index in [9.17, 15) is 0 Å². The molecule has 0 radical (unpaired) electrons. The molecule has 1 unspecified atom stereocenters. The molecule has 6 heteroatoms. The Morgan fingerprint density at radius 1 is 1.37 bits per heavy atom. The number of nitrogens with two attached hydrogens (primary N) is 1. The lowest BCUT2D eigenvalue weighted by Crippen LogP contribution is -2.09. The molecule has 0 spiro atoms. The van der Waals surface area contributed by atoms with Crippen LogP contribution in [-0.2, 0) is 6.42 Å². The van der Waals surface area contributed by atoms with Crippen LogP contribution in [0.5, 0.6) is 5.75 Å². The molecule has 102 valence electrons. The SMILES string of the molecule is CCc1nsc(SC(CN)c2ccc(OC)cc2)n1. The van der Waals surface area contributed by atoms with E-state index in [1.54, 1.807) is 18.9 Å². The van der Waals surface area contributed by atoms with E-state index < -0.39 is 0 Å². The summed E-state index contributed by atoms with van der Waals surface area (Å²) < 4.78 is 10.4. The van der Waals surface area contributed by atoms with E-state index in [1.807, 2.05) is 24.3 Å². The van der Waals surface area contributed by atoms with Crippen LogP contribution in [0.25, 0.3) is 0 Å². The van der Waals surface area contributed by atoms with Crippen molar-refractivity contribution in [1.29, 1.82) is 0 Å². The molecule has 1 aromatic heterocycles. The van der Waals surface area contributed by atoms with Gasteiger partial charge in [0.1, 0.15) is 11.6 Å². The Kier molecular flexibility index (Phi) is 5.18. The molecular formula is C13H17N3OS2. The predicted molar refractivity (Wildman–Crippen MR) is 79.9 cm³/mol. The Bertz CT molecular complexity index is 513. The van der Waals surface area contributed by atoms with E-state index in [-0.39, 0.29) is 5.25 Å². The zero-order valence-corrected chi connectivity index (χ0v) is 12.6. The first kappa shape index (κ1) is 14.3. The predicted octanol–water partition coefficient (Wildman–Crippen LogP) is 2.90. The Morgan fingerprint density at radius 3 is 2.63 bits per heavy atom. The number of hydrogen-bond acceptors (Lipinski definition) is 6. The number of aromatic nitrogens is 2. The van der Waals surface area contributed by atoms with Crippen molar-refractivity contribution in [2.24, 2.45) is 5.73 Å². The first-order chi connectivity index (χ1) is 9.26. The first-order valence-electron chi connectivity index (χ1n) is 6.10. The molecule has 2 aromatic rings. The summed E-state index contributed by atoms with van der Waals surface area (Å²) >= 11 is 3.11. The van der Waals surface area contributed by atoms with Crippen LogP contribution < -0.4 is 10.5 Å². The molecular weight excluding hydrogens is 278 g/mol. The normalized spacial score (nSPS) is 12.4. The fourth-order valence-electron chi connectivity index (χ4n) is 1.62. The van der Waals surface area contributed by atoms with Crippen molar-refractivity contribution >= 4 is 23.3 Å². The van der Waals surface area contributed by atoms with Crippen molar-refractivity contribution in [1.82, 2.24) is 9.36 Å². The van der Waals surface area contributed by atoms with Crippen LogP contribution in [0.1, 0.15) is 23.6 Å². The Morgan fingerprint density at radius 2 is 2.11 bits per heavy atom. The maximum Gasteiger partial charge on any atom is 0.170 e. The minimum Gasteiger partial charge on any atom is -0.497 e. The summed E-state index contributed by atoms with van der Waals surface area (Å²) in [4.78, 5) is 4.47. The number of ether oxygens (including phenoxy) is 1. The van der Waals surface area contributed by atoms with Crippen LogP contribution in [0.2, 0.25) is 0 Å². The van der Waals surface area contributed by atoms with E-state index in [1.165, 1.54) is 17.1 Å². The number of methoxy groups -OCH3 is 1. The van der Waals surface area contributed by atoms with Gasteiger partial charge in [0.2, 0.25) is 0 Å². The Labute approximate surface area is 121 Å². The largest absolute Gasteiger partial charge is 0.497 e. The van der Waals surface area contributed by atoms with Gasteiger partial charge in [-0.3, -0.25) is 0 Å². The van der Waals surface area contributed by atoms with Gasteiger partial charge in [-0.15, -0.1) is 0 Å². The smallest absolute Gasteiger partial charge is 0.170 e. The van der Waals surface area contributed by atoms with Gasteiger partial charge in [-0.1, -0.05) is 30.8 Å². The lowest BCUT2D eigenvalue weighted by Gasteiger charge is -2.13. The van der Waals surface area contributed by atoms with E-state index in [2.05, 4.69) is 16.3 Å². The van der Waals surface area contributed by atoms with Gasteiger partial charge in [0.05, 0.1) is 7.11 Å².